The lowest BCUT2D eigenvalue weighted by molar-refractivity contribution is -0.147. The van der Waals surface area contributed by atoms with Crippen molar-refractivity contribution in [1.29, 1.82) is 0 Å². The molecule has 1 unspecified atom stereocenters. The number of aliphatic carboxylic acids is 2. The minimum atomic E-state index is -1.24. The topological polar surface area (TPSA) is 139 Å². The molecule has 9 nitrogen and oxygen atoms in total. The first-order valence-electron chi connectivity index (χ1n) is 11.1. The second kappa shape index (κ2) is 11.1. The van der Waals surface area contributed by atoms with Crippen LogP contribution in [0, 0.1) is 11.3 Å². The average molecular weight is 459 g/mol. The second-order valence-electron chi connectivity index (χ2n) is 8.56. The smallest absolute Gasteiger partial charge is 0.326 e. The van der Waals surface area contributed by atoms with E-state index in [1.54, 1.807) is 0 Å². The molecule has 1 fully saturated rings. The third-order valence-corrected chi connectivity index (χ3v) is 6.29. The Balaban J connectivity index is 1.72. The molecule has 33 heavy (non-hydrogen) atoms. The van der Waals surface area contributed by atoms with Gasteiger partial charge in [0, 0.05) is 19.3 Å². The van der Waals surface area contributed by atoms with Crippen molar-refractivity contribution in [2.45, 2.75) is 51.0 Å². The number of carbonyl (C=O) groups is 3. The van der Waals surface area contributed by atoms with Crippen LogP contribution in [-0.4, -0.2) is 52.8 Å². The molecule has 178 valence electrons. The Kier molecular flexibility index (Phi) is 8.21. The number of carboxylic acids is 2. The molecule has 1 amide bonds. The van der Waals surface area contributed by atoms with Crippen LogP contribution in [0.3, 0.4) is 0 Å². The van der Waals surface area contributed by atoms with Gasteiger partial charge in [-0.05, 0) is 25.7 Å². The summed E-state index contributed by atoms with van der Waals surface area (Å²) >= 11 is 0. The molecule has 0 spiro atoms. The molecule has 1 aliphatic carbocycles. The van der Waals surface area contributed by atoms with Gasteiger partial charge in [-0.1, -0.05) is 43.2 Å². The number of hydrogen-bond acceptors (Lipinski definition) is 6. The van der Waals surface area contributed by atoms with Crippen molar-refractivity contribution >= 4 is 17.8 Å². The molecule has 0 saturated heterocycles. The van der Waals surface area contributed by atoms with E-state index in [0.29, 0.717) is 25.0 Å². The van der Waals surface area contributed by atoms with Gasteiger partial charge in [-0.2, -0.15) is 0 Å². The van der Waals surface area contributed by atoms with Crippen LogP contribution in [-0.2, 0) is 25.5 Å². The third-order valence-electron chi connectivity index (χ3n) is 6.29. The second-order valence-corrected chi connectivity index (χ2v) is 8.56. The van der Waals surface area contributed by atoms with Gasteiger partial charge in [0.05, 0.1) is 24.0 Å². The molecule has 1 saturated carbocycles. The first-order valence-corrected chi connectivity index (χ1v) is 11.1. The van der Waals surface area contributed by atoms with Gasteiger partial charge in [0.2, 0.25) is 5.91 Å². The largest absolute Gasteiger partial charge is 0.481 e. The minimum absolute atomic E-state index is 0.115. The van der Waals surface area contributed by atoms with Crippen LogP contribution >= 0.6 is 0 Å². The Labute approximate surface area is 192 Å². The predicted molar refractivity (Wildman–Crippen MR) is 118 cm³/mol. The average Bonchev–Trinajstić information content (AvgIpc) is 3.47. The molecule has 3 rings (SSSR count). The van der Waals surface area contributed by atoms with E-state index in [-0.39, 0.29) is 25.3 Å². The highest BCUT2D eigenvalue weighted by molar-refractivity contribution is 5.88. The number of aromatic nitrogens is 1. The zero-order valence-corrected chi connectivity index (χ0v) is 18.7. The summed E-state index contributed by atoms with van der Waals surface area (Å²) in [7, 11) is 1.50. The standard InChI is InChI=1S/C24H30N2O7/c1-32-12-9-17(21(27)28)14-24(10-5-6-11-24)23(31)26-18(22(29)30)13-20-25-15-19(33-20)16-7-3-2-4-8-16/h2-4,7-8,15,17-18H,5-6,9-14H2,1H3,(H,26,31)(H,27,28)(H,29,30)/t17-,18?/m1/s1. The number of ether oxygens (including phenoxy) is 1. The zero-order chi connectivity index (χ0) is 23.8. The molecule has 2 aromatic rings. The Morgan fingerprint density at radius 2 is 1.85 bits per heavy atom. The quantitative estimate of drug-likeness (QED) is 0.441. The van der Waals surface area contributed by atoms with Crippen molar-refractivity contribution < 1.29 is 33.8 Å². The van der Waals surface area contributed by atoms with Gasteiger partial charge in [0.15, 0.2) is 11.7 Å². The Morgan fingerprint density at radius 1 is 1.15 bits per heavy atom. The van der Waals surface area contributed by atoms with Gasteiger partial charge in [-0.25, -0.2) is 9.78 Å². The number of nitrogens with one attached hydrogen (secondary N) is 1. The Hall–Kier alpha value is -3.20. The van der Waals surface area contributed by atoms with Gasteiger partial charge in [-0.15, -0.1) is 0 Å². The number of carboxylic acid groups (broad SMARTS) is 2. The van der Waals surface area contributed by atoms with Crippen molar-refractivity contribution in [1.82, 2.24) is 10.3 Å². The van der Waals surface area contributed by atoms with Crippen molar-refractivity contribution in [2.24, 2.45) is 11.3 Å². The highest BCUT2D eigenvalue weighted by Gasteiger charge is 2.45. The van der Waals surface area contributed by atoms with E-state index in [1.165, 1.54) is 13.3 Å². The Bertz CT molecular complexity index is 951. The monoisotopic (exact) mass is 458 g/mol. The summed E-state index contributed by atoms with van der Waals surface area (Å²) in [6, 6.07) is 8.06. The number of rotatable bonds is 12. The van der Waals surface area contributed by atoms with E-state index in [1.807, 2.05) is 30.3 Å². The molecule has 1 heterocycles. The van der Waals surface area contributed by atoms with Crippen LogP contribution in [0.4, 0.5) is 0 Å². The fraction of sp³-hybridized carbons (Fsp3) is 0.500. The summed E-state index contributed by atoms with van der Waals surface area (Å²) in [5.41, 5.74) is -0.0936. The van der Waals surface area contributed by atoms with Crippen LogP contribution in [0.2, 0.25) is 0 Å². The van der Waals surface area contributed by atoms with Crippen molar-refractivity contribution in [3.63, 3.8) is 0 Å². The van der Waals surface area contributed by atoms with E-state index in [2.05, 4.69) is 10.3 Å². The number of nitrogens with zero attached hydrogens (tertiary/aromatic N) is 1. The fourth-order valence-electron chi connectivity index (χ4n) is 4.45. The molecule has 0 bridgehead atoms. The summed E-state index contributed by atoms with van der Waals surface area (Å²) in [6.45, 7) is 0.278. The van der Waals surface area contributed by atoms with Crippen LogP contribution in [0.5, 0.6) is 0 Å². The highest BCUT2D eigenvalue weighted by atomic mass is 16.5. The minimum Gasteiger partial charge on any atom is -0.481 e. The maximum absolute atomic E-state index is 13.3. The van der Waals surface area contributed by atoms with E-state index < -0.39 is 35.2 Å². The van der Waals surface area contributed by atoms with Crippen LogP contribution in [0.25, 0.3) is 11.3 Å². The molecular weight excluding hydrogens is 428 g/mol. The molecule has 0 aliphatic heterocycles. The number of amides is 1. The molecular formula is C24H30N2O7. The number of carbonyl (C=O) groups excluding carboxylic acids is 1. The molecule has 1 aromatic carbocycles. The maximum Gasteiger partial charge on any atom is 0.326 e. The summed E-state index contributed by atoms with van der Waals surface area (Å²) in [5, 5.41) is 22.0. The van der Waals surface area contributed by atoms with Crippen LogP contribution in [0.1, 0.15) is 44.4 Å². The molecule has 0 radical (unpaired) electrons. The maximum atomic E-state index is 13.3. The molecule has 1 aromatic heterocycles. The number of benzene rings is 1. The summed E-state index contributed by atoms with van der Waals surface area (Å²) in [6.07, 6.45) is 4.50. The summed E-state index contributed by atoms with van der Waals surface area (Å²) in [5.74, 6) is -2.64. The van der Waals surface area contributed by atoms with E-state index in [4.69, 9.17) is 9.15 Å². The lowest BCUT2D eigenvalue weighted by atomic mass is 9.75. The predicted octanol–water partition coefficient (Wildman–Crippen LogP) is 3.14. The molecule has 3 N–H and O–H groups in total. The lowest BCUT2D eigenvalue weighted by Gasteiger charge is -2.31. The van der Waals surface area contributed by atoms with E-state index in [0.717, 1.165) is 18.4 Å². The van der Waals surface area contributed by atoms with Crippen LogP contribution in [0.15, 0.2) is 40.9 Å². The third kappa shape index (κ3) is 6.19. The van der Waals surface area contributed by atoms with Crippen molar-refractivity contribution in [3.05, 3.63) is 42.4 Å². The van der Waals surface area contributed by atoms with Gasteiger partial charge in [-0.3, -0.25) is 9.59 Å². The molecule has 9 heteroatoms. The summed E-state index contributed by atoms with van der Waals surface area (Å²) < 4.78 is 10.7. The van der Waals surface area contributed by atoms with E-state index in [9.17, 15) is 24.6 Å². The highest BCUT2D eigenvalue weighted by Crippen LogP contribution is 2.44. The van der Waals surface area contributed by atoms with Crippen molar-refractivity contribution in [2.75, 3.05) is 13.7 Å². The number of oxazole rings is 1. The van der Waals surface area contributed by atoms with Gasteiger partial charge < -0.3 is 24.7 Å². The first kappa shape index (κ1) is 24.4. The lowest BCUT2D eigenvalue weighted by Crippen LogP contribution is -2.49. The van der Waals surface area contributed by atoms with Gasteiger partial charge in [0.1, 0.15) is 6.04 Å². The molecule has 1 aliphatic rings. The van der Waals surface area contributed by atoms with Crippen molar-refractivity contribution in [3.8, 4) is 11.3 Å². The van der Waals surface area contributed by atoms with Gasteiger partial charge in [0.25, 0.3) is 0 Å². The zero-order valence-electron chi connectivity index (χ0n) is 18.7. The molecule has 2 atom stereocenters. The first-order chi connectivity index (χ1) is 15.8. The Morgan fingerprint density at radius 3 is 2.45 bits per heavy atom. The fourth-order valence-corrected chi connectivity index (χ4v) is 4.45. The summed E-state index contributed by atoms with van der Waals surface area (Å²) in [4.78, 5) is 41.1. The normalized spacial score (nSPS) is 16.8. The SMILES string of the molecule is COCC[C@H](CC1(C(=O)NC(Cc2ncc(-c3ccccc3)o2)C(=O)O)CCCC1)C(=O)O. The number of hydrogen-bond donors (Lipinski definition) is 3. The van der Waals surface area contributed by atoms with Crippen LogP contribution < -0.4 is 5.32 Å². The van der Waals surface area contributed by atoms with Gasteiger partial charge >= 0.3 is 11.9 Å². The van der Waals surface area contributed by atoms with E-state index >= 15 is 0 Å². The number of methoxy groups -OCH3 is 1.